The van der Waals surface area contributed by atoms with Crippen LogP contribution in [0.2, 0.25) is 10.0 Å². The van der Waals surface area contributed by atoms with E-state index in [0.717, 1.165) is 30.2 Å². The van der Waals surface area contributed by atoms with Crippen LogP contribution >= 0.6 is 35.0 Å². The highest BCUT2D eigenvalue weighted by Crippen LogP contribution is 2.40. The van der Waals surface area contributed by atoms with Crippen molar-refractivity contribution in [2.24, 2.45) is 5.92 Å². The predicted molar refractivity (Wildman–Crippen MR) is 133 cm³/mol. The zero-order valence-electron chi connectivity index (χ0n) is 18.3. The van der Waals surface area contributed by atoms with E-state index in [1.165, 1.54) is 31.3 Å². The van der Waals surface area contributed by atoms with Crippen LogP contribution in [0.4, 0.5) is 4.79 Å². The first-order chi connectivity index (χ1) is 15.9. The molecule has 5 nitrogen and oxygen atoms in total. The van der Waals surface area contributed by atoms with Gasteiger partial charge in [-0.15, -0.1) is 0 Å². The summed E-state index contributed by atoms with van der Waals surface area (Å²) in [4.78, 5) is 27.2. The molecular formula is C25H25Cl2NO4S. The second kappa shape index (κ2) is 10.9. The third-order valence-electron chi connectivity index (χ3n) is 5.89. The lowest BCUT2D eigenvalue weighted by Crippen LogP contribution is -2.34. The maximum Gasteiger partial charge on any atom is 0.293 e. The van der Waals surface area contributed by atoms with Gasteiger partial charge in [0, 0.05) is 11.6 Å². The highest BCUT2D eigenvalue weighted by Gasteiger charge is 2.36. The van der Waals surface area contributed by atoms with E-state index in [1.54, 1.807) is 30.3 Å². The van der Waals surface area contributed by atoms with Crippen LogP contribution in [0.1, 0.15) is 43.2 Å². The summed E-state index contributed by atoms with van der Waals surface area (Å²) in [5, 5.41) is 0.802. The minimum atomic E-state index is -0.242. The molecule has 1 saturated heterocycles. The Morgan fingerprint density at radius 2 is 1.82 bits per heavy atom. The molecule has 8 heteroatoms. The lowest BCUT2D eigenvalue weighted by Gasteiger charge is -2.25. The Hall–Kier alpha value is -2.15. The molecule has 0 bridgehead atoms. The number of halogens is 2. The quantitative estimate of drug-likeness (QED) is 0.372. The molecule has 33 heavy (non-hydrogen) atoms. The Labute approximate surface area is 208 Å². The van der Waals surface area contributed by atoms with Gasteiger partial charge >= 0.3 is 0 Å². The van der Waals surface area contributed by atoms with Crippen LogP contribution in [0.5, 0.6) is 11.5 Å². The predicted octanol–water partition coefficient (Wildman–Crippen LogP) is 7.20. The topological polar surface area (TPSA) is 55.8 Å². The zero-order valence-corrected chi connectivity index (χ0v) is 20.6. The number of carbonyl (C=O) groups excluding carboxylic acids is 2. The van der Waals surface area contributed by atoms with E-state index in [-0.39, 0.29) is 11.1 Å². The second-order valence-corrected chi connectivity index (χ2v) is 10.1. The molecule has 0 radical (unpaired) electrons. The standard InChI is InChI=1S/C25H25Cl2NO4S/c1-31-21-12-18(11-20(27)23(21)32-15-17-7-9-19(26)10-8-17)13-22-24(29)28(25(30)33-22)14-16-5-3-2-4-6-16/h7-13,16H,2-6,14-15H2,1H3/b22-13+. The van der Waals surface area contributed by atoms with Crippen molar-refractivity contribution >= 4 is 52.2 Å². The maximum absolute atomic E-state index is 12.9. The molecule has 2 aliphatic rings. The Kier molecular flexibility index (Phi) is 7.89. The number of hydrogen-bond donors (Lipinski definition) is 0. The highest BCUT2D eigenvalue weighted by molar-refractivity contribution is 8.18. The van der Waals surface area contributed by atoms with Crippen molar-refractivity contribution in [2.75, 3.05) is 13.7 Å². The summed E-state index contributed by atoms with van der Waals surface area (Å²) in [6.07, 6.45) is 7.41. The number of carbonyl (C=O) groups is 2. The average Bonchev–Trinajstić information content (AvgIpc) is 3.07. The zero-order chi connectivity index (χ0) is 23.4. The largest absolute Gasteiger partial charge is 0.493 e. The van der Waals surface area contributed by atoms with Gasteiger partial charge in [0.15, 0.2) is 11.5 Å². The Balaban J connectivity index is 1.49. The van der Waals surface area contributed by atoms with Crippen LogP contribution in [-0.4, -0.2) is 29.7 Å². The molecule has 0 unspecified atom stereocenters. The molecule has 2 aromatic carbocycles. The summed E-state index contributed by atoms with van der Waals surface area (Å²) in [5.74, 6) is 1.02. The second-order valence-electron chi connectivity index (χ2n) is 8.25. The molecule has 1 aliphatic carbocycles. The summed E-state index contributed by atoms with van der Waals surface area (Å²) in [6.45, 7) is 0.802. The van der Waals surface area contributed by atoms with E-state index in [2.05, 4.69) is 0 Å². The summed E-state index contributed by atoms with van der Waals surface area (Å²) < 4.78 is 11.4. The fourth-order valence-corrected chi connectivity index (χ4v) is 5.38. The molecule has 1 saturated carbocycles. The third-order valence-corrected chi connectivity index (χ3v) is 7.33. The van der Waals surface area contributed by atoms with Crippen LogP contribution in [-0.2, 0) is 11.4 Å². The van der Waals surface area contributed by atoms with E-state index >= 15 is 0 Å². The lowest BCUT2D eigenvalue weighted by molar-refractivity contribution is -0.123. The van der Waals surface area contributed by atoms with Crippen molar-refractivity contribution in [3.05, 3.63) is 62.5 Å². The summed E-state index contributed by atoms with van der Waals surface area (Å²) in [5.41, 5.74) is 1.60. The van der Waals surface area contributed by atoms with Gasteiger partial charge in [-0.3, -0.25) is 14.5 Å². The first-order valence-electron chi connectivity index (χ1n) is 10.9. The van der Waals surface area contributed by atoms with Crippen molar-refractivity contribution < 1.29 is 19.1 Å². The molecule has 0 aromatic heterocycles. The van der Waals surface area contributed by atoms with Crippen molar-refractivity contribution in [1.29, 1.82) is 0 Å². The van der Waals surface area contributed by atoms with Gasteiger partial charge in [0.1, 0.15) is 6.61 Å². The van der Waals surface area contributed by atoms with Crippen molar-refractivity contribution in [1.82, 2.24) is 4.90 Å². The van der Waals surface area contributed by atoms with Crippen LogP contribution in [0, 0.1) is 5.92 Å². The van der Waals surface area contributed by atoms with Crippen molar-refractivity contribution in [3.8, 4) is 11.5 Å². The van der Waals surface area contributed by atoms with E-state index in [9.17, 15) is 9.59 Å². The summed E-state index contributed by atoms with van der Waals surface area (Å²) >= 11 is 13.4. The first kappa shape index (κ1) is 24.0. The lowest BCUT2D eigenvalue weighted by atomic mass is 9.89. The van der Waals surface area contributed by atoms with Gasteiger partial charge in [-0.2, -0.15) is 0 Å². The number of nitrogens with zero attached hydrogens (tertiary/aromatic N) is 1. The minimum absolute atomic E-state index is 0.210. The highest BCUT2D eigenvalue weighted by atomic mass is 35.5. The molecule has 4 rings (SSSR count). The van der Waals surface area contributed by atoms with E-state index in [4.69, 9.17) is 32.7 Å². The molecule has 1 aliphatic heterocycles. The Morgan fingerprint density at radius 1 is 1.09 bits per heavy atom. The van der Waals surface area contributed by atoms with E-state index in [0.29, 0.717) is 51.1 Å². The minimum Gasteiger partial charge on any atom is -0.493 e. The molecule has 2 fully saturated rings. The van der Waals surface area contributed by atoms with Gasteiger partial charge in [0.05, 0.1) is 17.0 Å². The van der Waals surface area contributed by atoms with Crippen LogP contribution in [0.25, 0.3) is 6.08 Å². The van der Waals surface area contributed by atoms with Gasteiger partial charge in [-0.05, 0) is 72.0 Å². The number of hydrogen-bond acceptors (Lipinski definition) is 5. The van der Waals surface area contributed by atoms with Gasteiger partial charge in [0.2, 0.25) is 0 Å². The van der Waals surface area contributed by atoms with Crippen molar-refractivity contribution in [2.45, 2.75) is 38.7 Å². The molecule has 1 heterocycles. The van der Waals surface area contributed by atoms with Gasteiger partial charge in [-0.25, -0.2) is 0 Å². The van der Waals surface area contributed by atoms with Gasteiger partial charge in [0.25, 0.3) is 11.1 Å². The fraction of sp³-hybridized carbons (Fsp3) is 0.360. The van der Waals surface area contributed by atoms with E-state index in [1.807, 2.05) is 12.1 Å². The molecule has 0 N–H and O–H groups in total. The number of rotatable bonds is 7. The van der Waals surface area contributed by atoms with Crippen LogP contribution in [0.15, 0.2) is 41.3 Å². The van der Waals surface area contributed by atoms with Gasteiger partial charge in [-0.1, -0.05) is 54.6 Å². The van der Waals surface area contributed by atoms with Crippen LogP contribution in [0.3, 0.4) is 0 Å². The SMILES string of the molecule is COc1cc(/C=C2/SC(=O)N(CC3CCCCC3)C2=O)cc(Cl)c1OCc1ccc(Cl)cc1. The number of thioether (sulfide) groups is 1. The van der Waals surface area contributed by atoms with E-state index < -0.39 is 0 Å². The smallest absolute Gasteiger partial charge is 0.293 e. The summed E-state index contributed by atoms with van der Waals surface area (Å²) in [6, 6.07) is 10.8. The number of benzene rings is 2. The number of amides is 2. The molecule has 2 aromatic rings. The van der Waals surface area contributed by atoms with Crippen molar-refractivity contribution in [3.63, 3.8) is 0 Å². The molecule has 0 spiro atoms. The summed E-state index contributed by atoms with van der Waals surface area (Å²) in [7, 11) is 1.53. The molecular weight excluding hydrogens is 481 g/mol. The first-order valence-corrected chi connectivity index (χ1v) is 12.5. The Morgan fingerprint density at radius 3 is 2.52 bits per heavy atom. The number of methoxy groups -OCH3 is 1. The third kappa shape index (κ3) is 5.86. The maximum atomic E-state index is 12.9. The molecule has 0 atom stereocenters. The fourth-order valence-electron chi connectivity index (χ4n) is 4.14. The normalized spacial score (nSPS) is 18.3. The Bertz CT molecular complexity index is 1060. The molecule has 2 amide bonds. The van der Waals surface area contributed by atoms with Gasteiger partial charge < -0.3 is 9.47 Å². The monoisotopic (exact) mass is 505 g/mol. The average molecular weight is 506 g/mol. The van der Waals surface area contributed by atoms with Crippen LogP contribution < -0.4 is 9.47 Å². The number of imide groups is 1. The molecule has 174 valence electrons. The number of ether oxygens (including phenoxy) is 2.